The molecule has 1 heterocycles. The molecule has 1 saturated carbocycles. The quantitative estimate of drug-likeness (QED) is 0.207. The first-order valence-electron chi connectivity index (χ1n) is 14.8. The summed E-state index contributed by atoms with van der Waals surface area (Å²) in [7, 11) is 3.81. The summed E-state index contributed by atoms with van der Waals surface area (Å²) >= 11 is 0. The number of carboxylic acids is 4. The normalized spacial score (nSPS) is 18.6. The standard InChI is InChI=1S/C24H37N3O3.2C4H4O4/c1-19-4-8-21(9-5-19)25-24(28)11-7-20-6-10-22(23(18-20)29-3)30-17-16-27-14-12-26(2)13-15-27;2*5-3(6)1-2-4(7)8/h6-7,10-11,18-19,21H,4-5,8-9,12-17H2,1-3H3,(H,25,28);2*1-2H,(H,5,6)(H,7,8)/b;2*2-1+. The van der Waals surface area contributed by atoms with Crippen LogP contribution in [0.15, 0.2) is 48.6 Å². The van der Waals surface area contributed by atoms with Gasteiger partial charge in [0.05, 0.1) is 7.11 Å². The van der Waals surface area contributed by atoms with Crippen LogP contribution in [0.4, 0.5) is 0 Å². The van der Waals surface area contributed by atoms with Crippen LogP contribution in [-0.2, 0) is 24.0 Å². The number of likely N-dealkylation sites (N-methyl/N-ethyl adjacent to an activating group) is 1. The lowest BCUT2D eigenvalue weighted by Crippen LogP contribution is -2.45. The fourth-order valence-electron chi connectivity index (χ4n) is 4.37. The summed E-state index contributed by atoms with van der Waals surface area (Å²) in [5, 5.41) is 34.4. The lowest BCUT2D eigenvalue weighted by molar-refractivity contribution is -0.134. The summed E-state index contributed by atoms with van der Waals surface area (Å²) in [4.78, 5) is 55.2. The molecular formula is C32H45N3O11. The molecule has 254 valence electrons. The average Bonchev–Trinajstić information content (AvgIpc) is 3.01. The number of hydrogen-bond donors (Lipinski definition) is 5. The second-order valence-corrected chi connectivity index (χ2v) is 10.7. The number of nitrogens with one attached hydrogen (secondary N) is 1. The number of hydrogen-bond acceptors (Lipinski definition) is 9. The molecule has 1 saturated heterocycles. The molecule has 1 aliphatic heterocycles. The Balaban J connectivity index is 0.000000545. The van der Waals surface area contributed by atoms with Crippen molar-refractivity contribution < 1.29 is 53.9 Å². The minimum absolute atomic E-state index is 0.0268. The van der Waals surface area contributed by atoms with Gasteiger partial charge in [-0.1, -0.05) is 13.0 Å². The zero-order chi connectivity index (χ0) is 34.5. The van der Waals surface area contributed by atoms with Crippen LogP contribution in [0, 0.1) is 5.92 Å². The highest BCUT2D eigenvalue weighted by Gasteiger charge is 2.19. The number of nitrogens with zero attached hydrogens (tertiary/aromatic N) is 2. The summed E-state index contributed by atoms with van der Waals surface area (Å²) < 4.78 is 11.5. The fraction of sp³-hybridized carbons (Fsp3) is 0.469. The molecule has 5 N–H and O–H groups in total. The summed E-state index contributed by atoms with van der Waals surface area (Å²) in [6.07, 6.45) is 10.2. The van der Waals surface area contributed by atoms with Crippen molar-refractivity contribution in [1.82, 2.24) is 15.1 Å². The maximum absolute atomic E-state index is 12.2. The first-order valence-corrected chi connectivity index (χ1v) is 14.8. The van der Waals surface area contributed by atoms with E-state index in [1.165, 1.54) is 12.8 Å². The van der Waals surface area contributed by atoms with Gasteiger partial charge >= 0.3 is 23.9 Å². The molecule has 46 heavy (non-hydrogen) atoms. The Morgan fingerprint density at radius 1 is 0.804 bits per heavy atom. The maximum Gasteiger partial charge on any atom is 0.328 e. The van der Waals surface area contributed by atoms with Gasteiger partial charge in [-0.25, -0.2) is 19.2 Å². The van der Waals surface area contributed by atoms with Crippen molar-refractivity contribution in [2.24, 2.45) is 5.92 Å². The Kier molecular flexibility index (Phi) is 18.7. The molecule has 1 aromatic rings. The van der Waals surface area contributed by atoms with E-state index in [0.29, 0.717) is 42.7 Å². The summed E-state index contributed by atoms with van der Waals surface area (Å²) in [6, 6.07) is 6.10. The average molecular weight is 648 g/mol. The zero-order valence-electron chi connectivity index (χ0n) is 26.5. The highest BCUT2D eigenvalue weighted by Crippen LogP contribution is 2.28. The van der Waals surface area contributed by atoms with Crippen molar-refractivity contribution in [3.63, 3.8) is 0 Å². The number of benzene rings is 1. The van der Waals surface area contributed by atoms with Crippen molar-refractivity contribution in [3.05, 3.63) is 54.1 Å². The largest absolute Gasteiger partial charge is 0.493 e. The van der Waals surface area contributed by atoms with Crippen LogP contribution in [0.25, 0.3) is 6.08 Å². The van der Waals surface area contributed by atoms with E-state index in [0.717, 1.165) is 62.8 Å². The van der Waals surface area contributed by atoms with Crippen LogP contribution in [0.2, 0.25) is 0 Å². The predicted molar refractivity (Wildman–Crippen MR) is 170 cm³/mol. The number of rotatable bonds is 12. The Morgan fingerprint density at radius 2 is 1.33 bits per heavy atom. The molecular weight excluding hydrogens is 602 g/mol. The molecule has 0 spiro atoms. The molecule has 3 rings (SSSR count). The number of amides is 1. The summed E-state index contributed by atoms with van der Waals surface area (Å²) in [5.74, 6) is -2.84. The van der Waals surface area contributed by atoms with Crippen molar-refractivity contribution in [1.29, 1.82) is 0 Å². The van der Waals surface area contributed by atoms with Gasteiger partial charge in [-0.05, 0) is 62.4 Å². The van der Waals surface area contributed by atoms with Crippen molar-refractivity contribution in [2.75, 3.05) is 53.5 Å². The SMILES string of the molecule is COc1cc(C=CC(=O)NC2CCC(C)CC2)ccc1OCCN1CCN(C)CC1.O=C(O)/C=C/C(=O)O.O=C(O)/C=C/C(=O)O. The van der Waals surface area contributed by atoms with Gasteiger partial charge in [-0.15, -0.1) is 0 Å². The molecule has 0 atom stereocenters. The Hall–Kier alpha value is -4.69. The van der Waals surface area contributed by atoms with E-state index in [1.807, 2.05) is 24.3 Å². The second kappa shape index (κ2) is 21.9. The van der Waals surface area contributed by atoms with E-state index in [9.17, 15) is 24.0 Å². The Bertz CT molecular complexity index is 1160. The van der Waals surface area contributed by atoms with Gasteiger partial charge < -0.3 is 40.1 Å². The number of aliphatic carboxylic acids is 4. The van der Waals surface area contributed by atoms with E-state index in [4.69, 9.17) is 29.9 Å². The number of methoxy groups -OCH3 is 1. The first-order chi connectivity index (χ1) is 21.8. The van der Waals surface area contributed by atoms with Gasteiger partial charge in [0.25, 0.3) is 0 Å². The molecule has 14 heteroatoms. The smallest absolute Gasteiger partial charge is 0.328 e. The number of ether oxygens (including phenoxy) is 2. The third-order valence-corrected chi connectivity index (χ3v) is 6.98. The minimum atomic E-state index is -1.26. The van der Waals surface area contributed by atoms with E-state index < -0.39 is 23.9 Å². The lowest BCUT2D eigenvalue weighted by atomic mass is 9.87. The van der Waals surface area contributed by atoms with Crippen molar-refractivity contribution >= 4 is 35.9 Å². The topological polar surface area (TPSA) is 203 Å². The van der Waals surface area contributed by atoms with Crippen LogP contribution in [0.3, 0.4) is 0 Å². The van der Waals surface area contributed by atoms with E-state index in [-0.39, 0.29) is 5.91 Å². The maximum atomic E-state index is 12.2. The fourth-order valence-corrected chi connectivity index (χ4v) is 4.37. The number of carbonyl (C=O) groups excluding carboxylic acids is 1. The third kappa shape index (κ3) is 18.9. The van der Waals surface area contributed by atoms with Gasteiger partial charge in [-0.2, -0.15) is 0 Å². The molecule has 1 aromatic carbocycles. The molecule has 14 nitrogen and oxygen atoms in total. The van der Waals surface area contributed by atoms with Gasteiger partial charge in [0.15, 0.2) is 11.5 Å². The van der Waals surface area contributed by atoms with Gasteiger partial charge in [0.1, 0.15) is 6.61 Å². The minimum Gasteiger partial charge on any atom is -0.493 e. The van der Waals surface area contributed by atoms with Crippen LogP contribution in [-0.4, -0.2) is 120 Å². The number of piperazine rings is 1. The number of carbonyl (C=O) groups is 5. The lowest BCUT2D eigenvalue weighted by Gasteiger charge is -2.32. The Morgan fingerprint density at radius 3 is 1.80 bits per heavy atom. The molecule has 0 bridgehead atoms. The zero-order valence-corrected chi connectivity index (χ0v) is 26.5. The molecule has 1 amide bonds. The van der Waals surface area contributed by atoms with E-state index in [1.54, 1.807) is 13.2 Å². The van der Waals surface area contributed by atoms with Crippen molar-refractivity contribution in [3.8, 4) is 11.5 Å². The second-order valence-electron chi connectivity index (χ2n) is 10.7. The first kappa shape index (κ1) is 39.3. The van der Waals surface area contributed by atoms with E-state index >= 15 is 0 Å². The molecule has 0 unspecified atom stereocenters. The highest BCUT2D eigenvalue weighted by atomic mass is 16.5. The number of carboxylic acid groups (broad SMARTS) is 4. The molecule has 2 aliphatic rings. The predicted octanol–water partition coefficient (Wildman–Crippen LogP) is 2.45. The van der Waals surface area contributed by atoms with E-state index in [2.05, 4.69) is 29.1 Å². The molecule has 0 aromatic heterocycles. The molecule has 1 aliphatic carbocycles. The monoisotopic (exact) mass is 647 g/mol. The van der Waals surface area contributed by atoms with Crippen LogP contribution >= 0.6 is 0 Å². The summed E-state index contributed by atoms with van der Waals surface area (Å²) in [6.45, 7) is 8.22. The van der Waals surface area contributed by atoms with Crippen LogP contribution in [0.1, 0.15) is 38.2 Å². The van der Waals surface area contributed by atoms with Crippen LogP contribution in [0.5, 0.6) is 11.5 Å². The van der Waals surface area contributed by atoms with Gasteiger partial charge in [-0.3, -0.25) is 9.69 Å². The highest BCUT2D eigenvalue weighted by molar-refractivity contribution is 5.92. The van der Waals surface area contributed by atoms with Gasteiger partial charge in [0.2, 0.25) is 5.91 Å². The third-order valence-electron chi connectivity index (χ3n) is 6.98. The van der Waals surface area contributed by atoms with Crippen LogP contribution < -0.4 is 14.8 Å². The summed E-state index contributed by atoms with van der Waals surface area (Å²) in [5.41, 5.74) is 0.922. The van der Waals surface area contributed by atoms with Crippen molar-refractivity contribution in [2.45, 2.75) is 38.6 Å². The molecule has 0 radical (unpaired) electrons. The Labute approximate surface area is 268 Å². The van der Waals surface area contributed by atoms with Gasteiger partial charge in [0, 0.05) is 69.1 Å². The molecule has 2 fully saturated rings.